The van der Waals surface area contributed by atoms with Gasteiger partial charge in [-0.3, -0.25) is 0 Å². The molecule has 0 amide bonds. The Morgan fingerprint density at radius 3 is 2.80 bits per heavy atom. The van der Waals surface area contributed by atoms with Crippen LogP contribution < -0.4 is 0 Å². The van der Waals surface area contributed by atoms with Gasteiger partial charge in [-0.2, -0.15) is 0 Å². The Labute approximate surface area is 88.2 Å². The monoisotopic (exact) mass is 196 g/mol. The zero-order chi connectivity index (χ0) is 10.4. The van der Waals surface area contributed by atoms with Crippen LogP contribution in [0.5, 0.6) is 0 Å². The number of benzene rings is 1. The van der Waals surface area contributed by atoms with Gasteiger partial charge in [0, 0.05) is 17.8 Å². The summed E-state index contributed by atoms with van der Waals surface area (Å²) in [6.07, 6.45) is 4.13. The maximum absolute atomic E-state index is 4.55. The van der Waals surface area contributed by atoms with Crippen LogP contribution in [0.1, 0.15) is 11.3 Å². The number of aromatic nitrogens is 2. The fraction of sp³-hybridized carbons (Fsp3) is 0.154. The second-order valence-electron chi connectivity index (χ2n) is 3.97. The van der Waals surface area contributed by atoms with Gasteiger partial charge in [-0.05, 0) is 30.9 Å². The van der Waals surface area contributed by atoms with E-state index in [0.717, 1.165) is 11.3 Å². The van der Waals surface area contributed by atoms with E-state index in [1.165, 1.54) is 16.3 Å². The van der Waals surface area contributed by atoms with Gasteiger partial charge in [0.2, 0.25) is 0 Å². The Morgan fingerprint density at radius 2 is 1.93 bits per heavy atom. The minimum atomic E-state index is 1.05. The largest absolute Gasteiger partial charge is 0.306 e. The first kappa shape index (κ1) is 8.48. The molecule has 0 unspecified atom stereocenters. The van der Waals surface area contributed by atoms with E-state index in [-0.39, 0.29) is 0 Å². The number of hydrogen-bond donors (Lipinski definition) is 0. The average molecular weight is 196 g/mol. The third-order valence-corrected chi connectivity index (χ3v) is 2.82. The van der Waals surface area contributed by atoms with Crippen molar-refractivity contribution < 1.29 is 0 Å². The second kappa shape index (κ2) is 2.83. The predicted molar refractivity (Wildman–Crippen MR) is 62.2 cm³/mol. The van der Waals surface area contributed by atoms with E-state index in [1.807, 2.05) is 6.92 Å². The Morgan fingerprint density at radius 1 is 1.07 bits per heavy atom. The van der Waals surface area contributed by atoms with E-state index < -0.39 is 0 Å². The van der Waals surface area contributed by atoms with Crippen molar-refractivity contribution in [1.29, 1.82) is 0 Å². The third-order valence-electron chi connectivity index (χ3n) is 2.82. The van der Waals surface area contributed by atoms with Gasteiger partial charge in [0.15, 0.2) is 0 Å². The summed E-state index contributed by atoms with van der Waals surface area (Å²) in [7, 11) is 0. The smallest absolute Gasteiger partial charge is 0.144 e. The van der Waals surface area contributed by atoms with Crippen molar-refractivity contribution >= 4 is 16.4 Å². The van der Waals surface area contributed by atoms with Gasteiger partial charge in [0.1, 0.15) is 5.65 Å². The van der Waals surface area contributed by atoms with E-state index in [0.29, 0.717) is 0 Å². The van der Waals surface area contributed by atoms with Gasteiger partial charge in [0.05, 0.1) is 5.69 Å². The topological polar surface area (TPSA) is 17.3 Å². The number of pyridine rings is 1. The highest BCUT2D eigenvalue weighted by Gasteiger charge is 2.04. The lowest BCUT2D eigenvalue weighted by atomic mass is 10.1. The lowest BCUT2D eigenvalue weighted by Crippen LogP contribution is -1.86. The van der Waals surface area contributed by atoms with Crippen LogP contribution in [0.25, 0.3) is 16.4 Å². The minimum absolute atomic E-state index is 1.05. The highest BCUT2D eigenvalue weighted by Crippen LogP contribution is 2.22. The number of imidazole rings is 1. The molecule has 3 rings (SSSR count). The van der Waals surface area contributed by atoms with Crippen LogP contribution in [0.2, 0.25) is 0 Å². The van der Waals surface area contributed by atoms with Crippen LogP contribution in [-0.4, -0.2) is 9.38 Å². The Bertz CT molecular complexity index is 650. The summed E-state index contributed by atoms with van der Waals surface area (Å²) in [5, 5.41) is 2.52. The van der Waals surface area contributed by atoms with Crippen molar-refractivity contribution in [2.24, 2.45) is 0 Å². The summed E-state index contributed by atoms with van der Waals surface area (Å²) in [6, 6.07) is 8.50. The molecule has 15 heavy (non-hydrogen) atoms. The van der Waals surface area contributed by atoms with Crippen molar-refractivity contribution in [2.75, 3.05) is 0 Å². The molecule has 2 nitrogen and oxygen atoms in total. The summed E-state index contributed by atoms with van der Waals surface area (Å²) in [5.74, 6) is 0. The van der Waals surface area contributed by atoms with Crippen LogP contribution in [-0.2, 0) is 0 Å². The van der Waals surface area contributed by atoms with E-state index >= 15 is 0 Å². The molecular formula is C13H12N2. The minimum Gasteiger partial charge on any atom is -0.306 e. The molecule has 0 radical (unpaired) electrons. The molecule has 0 aliphatic carbocycles. The summed E-state index contributed by atoms with van der Waals surface area (Å²) < 4.78 is 2.08. The number of aryl methyl sites for hydroxylation is 2. The lowest BCUT2D eigenvalue weighted by Gasteiger charge is -2.02. The normalized spacial score (nSPS) is 11.3. The Kier molecular flexibility index (Phi) is 1.60. The molecular weight excluding hydrogens is 184 g/mol. The molecule has 2 aromatic heterocycles. The van der Waals surface area contributed by atoms with E-state index in [1.54, 1.807) is 0 Å². The molecule has 0 aliphatic heterocycles. The average Bonchev–Trinajstić information content (AvgIpc) is 2.59. The number of hydrogen-bond acceptors (Lipinski definition) is 1. The summed E-state index contributed by atoms with van der Waals surface area (Å²) in [4.78, 5) is 4.55. The van der Waals surface area contributed by atoms with Crippen LogP contribution >= 0.6 is 0 Å². The molecule has 0 saturated carbocycles. The molecule has 0 bridgehead atoms. The number of rotatable bonds is 0. The van der Waals surface area contributed by atoms with Crippen LogP contribution in [0.15, 0.2) is 36.7 Å². The van der Waals surface area contributed by atoms with Crippen molar-refractivity contribution in [3.63, 3.8) is 0 Å². The molecule has 3 aromatic rings. The van der Waals surface area contributed by atoms with Crippen molar-refractivity contribution in [3.8, 4) is 0 Å². The van der Waals surface area contributed by atoms with Gasteiger partial charge < -0.3 is 4.40 Å². The van der Waals surface area contributed by atoms with Gasteiger partial charge in [-0.25, -0.2) is 4.98 Å². The van der Waals surface area contributed by atoms with Crippen molar-refractivity contribution in [3.05, 3.63) is 47.9 Å². The van der Waals surface area contributed by atoms with E-state index in [9.17, 15) is 0 Å². The van der Waals surface area contributed by atoms with Crippen LogP contribution in [0.4, 0.5) is 0 Å². The van der Waals surface area contributed by atoms with E-state index in [2.05, 4.69) is 53.0 Å². The molecule has 1 aromatic carbocycles. The highest BCUT2D eigenvalue weighted by molar-refractivity contribution is 5.95. The molecule has 2 heterocycles. The van der Waals surface area contributed by atoms with Gasteiger partial charge in [-0.15, -0.1) is 0 Å². The lowest BCUT2D eigenvalue weighted by molar-refractivity contribution is 1.20. The summed E-state index contributed by atoms with van der Waals surface area (Å²) >= 11 is 0. The molecule has 0 fully saturated rings. The van der Waals surface area contributed by atoms with Gasteiger partial charge in [-0.1, -0.05) is 18.2 Å². The Hall–Kier alpha value is -1.83. The van der Waals surface area contributed by atoms with Crippen molar-refractivity contribution in [2.45, 2.75) is 13.8 Å². The quantitative estimate of drug-likeness (QED) is 0.540. The predicted octanol–water partition coefficient (Wildman–Crippen LogP) is 3.10. The fourth-order valence-electron chi connectivity index (χ4n) is 2.08. The molecule has 0 N–H and O–H groups in total. The molecule has 2 heteroatoms. The second-order valence-corrected chi connectivity index (χ2v) is 3.97. The van der Waals surface area contributed by atoms with Crippen LogP contribution in [0, 0.1) is 13.8 Å². The SMILES string of the molecule is Cc1cn2ccc3c(C)cccc3c2n1. The molecule has 74 valence electrons. The highest BCUT2D eigenvalue weighted by atomic mass is 15.0. The summed E-state index contributed by atoms with van der Waals surface area (Å²) in [6.45, 7) is 4.16. The first-order valence-corrected chi connectivity index (χ1v) is 5.09. The molecule has 0 spiro atoms. The van der Waals surface area contributed by atoms with Gasteiger partial charge in [0.25, 0.3) is 0 Å². The molecule has 0 saturated heterocycles. The van der Waals surface area contributed by atoms with Crippen molar-refractivity contribution in [1.82, 2.24) is 9.38 Å². The van der Waals surface area contributed by atoms with Crippen LogP contribution in [0.3, 0.4) is 0 Å². The first-order valence-electron chi connectivity index (χ1n) is 5.09. The number of nitrogens with zero attached hydrogens (tertiary/aromatic N) is 2. The fourth-order valence-corrected chi connectivity index (χ4v) is 2.08. The van der Waals surface area contributed by atoms with E-state index in [4.69, 9.17) is 0 Å². The summed E-state index contributed by atoms with van der Waals surface area (Å²) in [5.41, 5.74) is 3.41. The molecule has 0 atom stereocenters. The third kappa shape index (κ3) is 1.14. The number of fused-ring (bicyclic) bond motifs is 3. The first-order chi connectivity index (χ1) is 7.25. The maximum Gasteiger partial charge on any atom is 0.144 e. The zero-order valence-corrected chi connectivity index (χ0v) is 8.86. The van der Waals surface area contributed by atoms with Gasteiger partial charge >= 0.3 is 0 Å². The zero-order valence-electron chi connectivity index (χ0n) is 8.86. The standard InChI is InChI=1S/C13H12N2/c1-9-4-3-5-12-11(9)6-7-15-8-10(2)14-13(12)15/h3-8H,1-2H3. The Balaban J connectivity index is 2.59. The maximum atomic E-state index is 4.55. The molecule has 0 aliphatic rings.